The van der Waals surface area contributed by atoms with Gasteiger partial charge in [-0.1, -0.05) is 0 Å². The molecule has 0 heterocycles. The van der Waals surface area contributed by atoms with Crippen molar-refractivity contribution in [3.63, 3.8) is 0 Å². The van der Waals surface area contributed by atoms with Crippen molar-refractivity contribution in [3.05, 3.63) is 36.1 Å². The molecule has 0 bridgehead atoms. The molecule has 0 aliphatic heterocycles. The van der Waals surface area contributed by atoms with E-state index in [1.165, 1.54) is 24.3 Å². The summed E-state index contributed by atoms with van der Waals surface area (Å²) >= 11 is 0. The van der Waals surface area contributed by atoms with E-state index >= 15 is 0 Å². The van der Waals surface area contributed by atoms with Gasteiger partial charge in [0.25, 0.3) is 0 Å². The molecule has 0 unspecified atom stereocenters. The van der Waals surface area contributed by atoms with Crippen molar-refractivity contribution in [2.45, 2.75) is 0 Å². The Hall–Kier alpha value is 0.326. The molecule has 0 N–H and O–H groups in total. The quantitative estimate of drug-likeness (QED) is 0.381. The third kappa shape index (κ3) is 6.45. The monoisotopic (exact) mass is 218 g/mol. The van der Waals surface area contributed by atoms with Crippen LogP contribution in [0.1, 0.15) is 0 Å². The maximum atomic E-state index is 11.9. The molecular weight excluding hydrogens is 214 g/mol. The van der Waals surface area contributed by atoms with E-state index in [1.54, 1.807) is 0 Å². The van der Waals surface area contributed by atoms with Gasteiger partial charge in [-0.25, -0.2) is 4.39 Å². The Morgan fingerprint density at radius 3 is 1.80 bits per heavy atom. The molecule has 52 valence electrons. The average molecular weight is 219 g/mol. The molecule has 0 radical (unpaired) electrons. The normalized spacial score (nSPS) is 6.10. The summed E-state index contributed by atoms with van der Waals surface area (Å²) in [6.07, 6.45) is 0. The molecule has 0 aliphatic carbocycles. The number of rotatable bonds is 0. The van der Waals surface area contributed by atoms with Crippen molar-refractivity contribution in [2.75, 3.05) is 0 Å². The molecule has 1 rings (SSSR count). The van der Waals surface area contributed by atoms with E-state index in [2.05, 4.69) is 6.07 Å². The minimum Gasteiger partial charge on any atom is -1.00 e. The van der Waals surface area contributed by atoms with Crippen LogP contribution in [0.5, 0.6) is 0 Å². The largest absolute Gasteiger partial charge is 2.00 e. The molecule has 0 spiro atoms. The molecule has 0 nitrogen and oxygen atoms in total. The molecule has 0 fully saturated rings. The van der Waals surface area contributed by atoms with E-state index in [0.29, 0.717) is 0 Å². The molecule has 1 aromatic carbocycles. The van der Waals surface area contributed by atoms with Crippen LogP contribution < -0.4 is 4.70 Å². The van der Waals surface area contributed by atoms with E-state index in [9.17, 15) is 4.39 Å². The summed E-state index contributed by atoms with van der Waals surface area (Å²) in [5, 5.41) is 0. The number of hydrogen-bond donors (Lipinski definition) is 0. The maximum absolute atomic E-state index is 11.9. The van der Waals surface area contributed by atoms with Crippen LogP contribution in [0.3, 0.4) is 0 Å². The molecule has 0 aliphatic rings. The molecule has 1 aromatic rings. The van der Waals surface area contributed by atoms with Gasteiger partial charge >= 0.3 is 23.1 Å². The van der Waals surface area contributed by atoms with E-state index in [1.807, 2.05) is 0 Å². The molecule has 4 heteroatoms. The van der Waals surface area contributed by atoms with E-state index in [0.717, 1.165) is 0 Å². The second-order valence-electron chi connectivity index (χ2n) is 1.22. The zero-order valence-electron chi connectivity index (χ0n) is 5.18. The van der Waals surface area contributed by atoms with Crippen LogP contribution in [0.4, 0.5) is 4.39 Å². The molecule has 10 heavy (non-hydrogen) atoms. The van der Waals surface area contributed by atoms with Crippen molar-refractivity contribution < 1.29 is 9.09 Å². The average Bonchev–Trinajstić information content (AvgIpc) is 1.69. The van der Waals surface area contributed by atoms with E-state index < -0.39 is 0 Å². The Bertz CT molecular complexity index is 146. The van der Waals surface area contributed by atoms with Crippen LogP contribution in [0.15, 0.2) is 24.3 Å². The Balaban J connectivity index is -0.000000163. The molecular formula is C6H5BrF2Mg. The van der Waals surface area contributed by atoms with Crippen LogP contribution in [0, 0.1) is 11.9 Å². The van der Waals surface area contributed by atoms with Crippen LogP contribution in [0.2, 0.25) is 0 Å². The minimum atomic E-state index is -0.209. The van der Waals surface area contributed by atoms with Gasteiger partial charge in [-0.3, -0.25) is 0 Å². The van der Waals surface area contributed by atoms with E-state index in [4.69, 9.17) is 0 Å². The van der Waals surface area contributed by atoms with Gasteiger partial charge in [0.05, 0.1) is 0 Å². The Morgan fingerprint density at radius 1 is 1.20 bits per heavy atom. The Kier molecular flexibility index (Phi) is 15.6. The second-order valence-corrected chi connectivity index (χ2v) is 1.22. The summed E-state index contributed by atoms with van der Waals surface area (Å²) in [4.78, 5) is 0. The van der Waals surface area contributed by atoms with Gasteiger partial charge in [-0.05, 0) is 0 Å². The molecule has 0 saturated heterocycles. The maximum Gasteiger partial charge on any atom is 2.00 e. The zero-order chi connectivity index (χ0) is 5.11. The fraction of sp³-hybridized carbons (Fsp3) is 0. The van der Waals surface area contributed by atoms with Crippen molar-refractivity contribution in [1.82, 2.24) is 0 Å². The number of hydrogen-bond acceptors (Lipinski definition) is 0. The second kappa shape index (κ2) is 9.33. The smallest absolute Gasteiger partial charge is 1.00 e. The summed E-state index contributed by atoms with van der Waals surface area (Å²) in [6, 6.07) is 8.49. The van der Waals surface area contributed by atoms with Crippen LogP contribution in [-0.4, -0.2) is 23.1 Å². The van der Waals surface area contributed by atoms with Gasteiger partial charge in [-0.2, -0.15) is 18.2 Å². The zero-order valence-corrected chi connectivity index (χ0v) is 8.31. The van der Waals surface area contributed by atoms with Crippen LogP contribution in [-0.2, 0) is 0 Å². The Morgan fingerprint density at radius 2 is 1.60 bits per heavy atom. The fourth-order valence-electron chi connectivity index (χ4n) is 0.367. The molecule has 0 saturated carbocycles. The predicted molar refractivity (Wildman–Crippen MR) is 41.3 cm³/mol. The van der Waals surface area contributed by atoms with Crippen molar-refractivity contribution in [1.29, 1.82) is 0 Å². The fourth-order valence-corrected chi connectivity index (χ4v) is 0.367. The molecule has 0 atom stereocenters. The standard InChI is InChI=1S/C6H4F.BrH.FH.Mg/c7-6-4-2-1-3-5-6;;;/h2-5H;2*1H;/q-1;;;+2/p-1. The number of halogens is 3. The summed E-state index contributed by atoms with van der Waals surface area (Å²) in [5.74, 6) is -0.209. The summed E-state index contributed by atoms with van der Waals surface area (Å²) in [7, 11) is 0. The van der Waals surface area contributed by atoms with Crippen LogP contribution in [0.25, 0.3) is 0 Å². The first-order chi connectivity index (χ1) is 3.39. The van der Waals surface area contributed by atoms with Gasteiger partial charge in [0, 0.05) is 5.82 Å². The van der Waals surface area contributed by atoms with Gasteiger partial charge < -0.3 is 4.70 Å². The molecule has 0 amide bonds. The predicted octanol–water partition coefficient (Wildman–Crippen LogP) is -1.17. The summed E-state index contributed by atoms with van der Waals surface area (Å²) < 4.78 is 11.9. The first-order valence-electron chi connectivity index (χ1n) is 2.01. The third-order valence-electron chi connectivity index (χ3n) is 0.678. The topological polar surface area (TPSA) is 0 Å². The Labute approximate surface area is 85.1 Å². The van der Waals surface area contributed by atoms with Gasteiger partial charge in [0.1, 0.15) is 0 Å². The summed E-state index contributed by atoms with van der Waals surface area (Å²) in [5.41, 5.74) is 0. The number of benzene rings is 1. The van der Waals surface area contributed by atoms with Crippen LogP contribution >= 0.6 is 17.0 Å². The van der Waals surface area contributed by atoms with E-state index in [-0.39, 0.29) is 50.6 Å². The van der Waals surface area contributed by atoms with Gasteiger partial charge in [-0.15, -0.1) is 29.1 Å². The van der Waals surface area contributed by atoms with Gasteiger partial charge in [0.15, 0.2) is 0 Å². The van der Waals surface area contributed by atoms with Crippen molar-refractivity contribution in [2.24, 2.45) is 0 Å². The van der Waals surface area contributed by atoms with Gasteiger partial charge in [0.2, 0.25) is 0 Å². The third-order valence-corrected chi connectivity index (χ3v) is 0.678. The van der Waals surface area contributed by atoms with Crippen molar-refractivity contribution >= 4 is 40.0 Å². The first-order valence-corrected chi connectivity index (χ1v) is 2.01. The van der Waals surface area contributed by atoms with Crippen molar-refractivity contribution in [3.8, 4) is 0 Å². The summed E-state index contributed by atoms with van der Waals surface area (Å²) in [6.45, 7) is 0. The first kappa shape index (κ1) is 16.7. The molecule has 0 aromatic heterocycles. The minimum absolute atomic E-state index is 0. The SMILES string of the molecule is Br.Fc1cc[c-]cc1.[F-].[Mg+2].